The maximum Gasteiger partial charge on any atom is 0.410 e. The van der Waals surface area contributed by atoms with Crippen molar-refractivity contribution in [2.24, 2.45) is 0 Å². The van der Waals surface area contributed by atoms with Gasteiger partial charge in [-0.1, -0.05) is 6.92 Å². The van der Waals surface area contributed by atoms with Crippen LogP contribution in [0.3, 0.4) is 0 Å². The highest BCUT2D eigenvalue weighted by molar-refractivity contribution is 5.80. The normalized spacial score (nSPS) is 24.1. The van der Waals surface area contributed by atoms with Gasteiger partial charge in [0.1, 0.15) is 5.82 Å². The number of aromatic amines is 1. The number of carbonyl (C=O) groups is 1. The molecule has 0 bridgehead atoms. The van der Waals surface area contributed by atoms with Crippen molar-refractivity contribution in [2.75, 3.05) is 11.9 Å². The standard InChI is InChI=1S/C21H29F3N6O/c1-4-14-9-18(21(22,23)24)30-19(25-14)11-16(28-30)17-7-5-6-8-29(17)20(31)10-15-12(2)26-27-13(15)3/h11,14,17-18,25H,4-10H2,1-3H3,(H,26,27)/t14-,17+,18+/m1/s1. The van der Waals surface area contributed by atoms with Gasteiger partial charge in [-0.3, -0.25) is 9.89 Å². The van der Waals surface area contributed by atoms with Crippen molar-refractivity contribution in [3.05, 3.63) is 28.7 Å². The summed E-state index contributed by atoms with van der Waals surface area (Å²) in [6.07, 6.45) is -1.11. The zero-order chi connectivity index (χ0) is 22.3. The molecule has 2 aliphatic rings. The lowest BCUT2D eigenvalue weighted by Gasteiger charge is -2.35. The minimum atomic E-state index is -4.37. The van der Waals surface area contributed by atoms with Gasteiger partial charge in [0, 0.05) is 29.9 Å². The number of amides is 1. The number of nitrogens with zero attached hydrogens (tertiary/aromatic N) is 4. The topological polar surface area (TPSA) is 78.8 Å². The largest absolute Gasteiger partial charge is 0.410 e. The molecule has 1 amide bonds. The van der Waals surface area contributed by atoms with Crippen molar-refractivity contribution in [3.8, 4) is 0 Å². The first-order valence-corrected chi connectivity index (χ1v) is 10.9. The van der Waals surface area contributed by atoms with E-state index >= 15 is 0 Å². The number of aromatic nitrogens is 4. The third-order valence-corrected chi connectivity index (χ3v) is 6.55. The van der Waals surface area contributed by atoms with E-state index in [2.05, 4.69) is 20.6 Å². The maximum atomic E-state index is 13.7. The fourth-order valence-electron chi connectivity index (χ4n) is 4.72. The maximum absolute atomic E-state index is 13.7. The van der Waals surface area contributed by atoms with Crippen LogP contribution in [0.15, 0.2) is 6.07 Å². The first-order chi connectivity index (χ1) is 14.7. The molecule has 0 aromatic carbocycles. The molecule has 0 saturated carbocycles. The highest BCUT2D eigenvalue weighted by Gasteiger charge is 2.46. The second-order valence-electron chi connectivity index (χ2n) is 8.63. The first kappa shape index (κ1) is 21.7. The Morgan fingerprint density at radius 3 is 2.71 bits per heavy atom. The number of rotatable bonds is 4. The summed E-state index contributed by atoms with van der Waals surface area (Å²) in [6.45, 7) is 6.19. The predicted molar refractivity (Wildman–Crippen MR) is 110 cm³/mol. The molecule has 0 spiro atoms. The van der Waals surface area contributed by atoms with E-state index < -0.39 is 12.2 Å². The van der Waals surface area contributed by atoms with Crippen LogP contribution < -0.4 is 5.32 Å². The van der Waals surface area contributed by atoms with Gasteiger partial charge < -0.3 is 10.2 Å². The van der Waals surface area contributed by atoms with Crippen molar-refractivity contribution >= 4 is 11.7 Å². The first-order valence-electron chi connectivity index (χ1n) is 10.9. The molecule has 4 heterocycles. The van der Waals surface area contributed by atoms with E-state index in [1.807, 2.05) is 20.8 Å². The molecule has 0 radical (unpaired) electrons. The highest BCUT2D eigenvalue weighted by Crippen LogP contribution is 2.42. The summed E-state index contributed by atoms with van der Waals surface area (Å²) in [5.41, 5.74) is 3.06. The van der Waals surface area contributed by atoms with Crippen LogP contribution in [-0.4, -0.2) is 49.5 Å². The lowest BCUT2D eigenvalue weighted by atomic mass is 9.97. The number of anilines is 1. The summed E-state index contributed by atoms with van der Waals surface area (Å²) >= 11 is 0. The Hall–Kier alpha value is -2.52. The van der Waals surface area contributed by atoms with E-state index in [1.165, 1.54) is 0 Å². The molecule has 7 nitrogen and oxygen atoms in total. The Morgan fingerprint density at radius 1 is 1.29 bits per heavy atom. The smallest absolute Gasteiger partial charge is 0.367 e. The molecule has 10 heteroatoms. The molecular weight excluding hydrogens is 409 g/mol. The second kappa shape index (κ2) is 8.20. The molecule has 0 unspecified atom stereocenters. The lowest BCUT2D eigenvalue weighted by molar-refractivity contribution is -0.173. The number of aryl methyl sites for hydroxylation is 2. The van der Waals surface area contributed by atoms with Crippen LogP contribution in [0.2, 0.25) is 0 Å². The Balaban J connectivity index is 1.62. The van der Waals surface area contributed by atoms with Crippen molar-refractivity contribution in [3.63, 3.8) is 0 Å². The minimum absolute atomic E-state index is 0.0412. The Labute approximate surface area is 179 Å². The predicted octanol–water partition coefficient (Wildman–Crippen LogP) is 4.22. The summed E-state index contributed by atoms with van der Waals surface area (Å²) in [6, 6.07) is -0.514. The molecule has 2 aliphatic heterocycles. The molecule has 2 aromatic heterocycles. The molecule has 31 heavy (non-hydrogen) atoms. The van der Waals surface area contributed by atoms with Crippen molar-refractivity contribution in [1.29, 1.82) is 0 Å². The number of alkyl halides is 3. The summed E-state index contributed by atoms with van der Waals surface area (Å²) in [5.74, 6) is 0.338. The second-order valence-corrected chi connectivity index (χ2v) is 8.63. The van der Waals surface area contributed by atoms with Gasteiger partial charge in [-0.15, -0.1) is 0 Å². The minimum Gasteiger partial charge on any atom is -0.367 e. The zero-order valence-corrected chi connectivity index (χ0v) is 18.1. The van der Waals surface area contributed by atoms with E-state index in [9.17, 15) is 18.0 Å². The summed E-state index contributed by atoms with van der Waals surface area (Å²) in [5, 5.41) is 14.6. The van der Waals surface area contributed by atoms with Gasteiger partial charge in [-0.05, 0) is 46.0 Å². The fraction of sp³-hybridized carbons (Fsp3) is 0.667. The summed E-state index contributed by atoms with van der Waals surface area (Å²) < 4.78 is 42.2. The van der Waals surface area contributed by atoms with E-state index in [1.54, 1.807) is 11.0 Å². The number of likely N-dealkylation sites (tertiary alicyclic amines) is 1. The Bertz CT molecular complexity index is 930. The molecule has 1 saturated heterocycles. The average Bonchev–Trinajstić information content (AvgIpc) is 3.30. The number of hydrogen-bond donors (Lipinski definition) is 2. The molecular formula is C21H29F3N6O. The molecule has 2 N–H and O–H groups in total. The van der Waals surface area contributed by atoms with E-state index in [4.69, 9.17) is 0 Å². The third kappa shape index (κ3) is 4.16. The highest BCUT2D eigenvalue weighted by atomic mass is 19.4. The van der Waals surface area contributed by atoms with Crippen LogP contribution in [0.25, 0.3) is 0 Å². The SMILES string of the molecule is CC[C@@H]1C[C@@H](C(F)(F)F)n2nc([C@@H]3CCCCN3C(=O)Cc3c(C)n[nH]c3C)cc2N1. The van der Waals surface area contributed by atoms with Crippen LogP contribution >= 0.6 is 0 Å². The van der Waals surface area contributed by atoms with Crippen LogP contribution in [0.5, 0.6) is 0 Å². The molecule has 3 atom stereocenters. The Morgan fingerprint density at radius 2 is 2.06 bits per heavy atom. The van der Waals surface area contributed by atoms with Crippen LogP contribution in [0, 0.1) is 13.8 Å². The van der Waals surface area contributed by atoms with Gasteiger partial charge in [0.05, 0.1) is 23.9 Å². The van der Waals surface area contributed by atoms with Gasteiger partial charge in [0.25, 0.3) is 0 Å². The number of hydrogen-bond acceptors (Lipinski definition) is 4. The van der Waals surface area contributed by atoms with Gasteiger partial charge in [-0.25, -0.2) is 4.68 Å². The average molecular weight is 438 g/mol. The lowest BCUT2D eigenvalue weighted by Crippen LogP contribution is -2.40. The fourth-order valence-corrected chi connectivity index (χ4v) is 4.72. The van der Waals surface area contributed by atoms with Crippen molar-refractivity contribution < 1.29 is 18.0 Å². The zero-order valence-electron chi connectivity index (χ0n) is 18.1. The number of H-pyrrole nitrogens is 1. The number of halogens is 3. The monoisotopic (exact) mass is 438 g/mol. The van der Waals surface area contributed by atoms with Crippen molar-refractivity contribution in [2.45, 2.75) is 83.6 Å². The third-order valence-electron chi connectivity index (χ3n) is 6.55. The molecule has 170 valence electrons. The molecule has 2 aromatic rings. The van der Waals surface area contributed by atoms with Crippen LogP contribution in [0.1, 0.15) is 73.8 Å². The van der Waals surface area contributed by atoms with Gasteiger partial charge >= 0.3 is 6.18 Å². The van der Waals surface area contributed by atoms with E-state index in [0.717, 1.165) is 34.5 Å². The summed E-state index contributed by atoms with van der Waals surface area (Å²) in [7, 11) is 0. The number of piperidine rings is 1. The number of nitrogens with one attached hydrogen (secondary N) is 2. The molecule has 0 aliphatic carbocycles. The van der Waals surface area contributed by atoms with Crippen molar-refractivity contribution in [1.82, 2.24) is 24.9 Å². The van der Waals surface area contributed by atoms with Crippen LogP contribution in [0.4, 0.5) is 19.0 Å². The quantitative estimate of drug-likeness (QED) is 0.749. The Kier molecular flexibility index (Phi) is 5.74. The number of fused-ring (bicyclic) bond motifs is 1. The van der Waals surface area contributed by atoms with Gasteiger partial charge in [0.15, 0.2) is 6.04 Å². The van der Waals surface area contributed by atoms with Gasteiger partial charge in [0.2, 0.25) is 5.91 Å². The molecule has 4 rings (SSSR count). The van der Waals surface area contributed by atoms with Gasteiger partial charge in [-0.2, -0.15) is 23.4 Å². The van der Waals surface area contributed by atoms with E-state index in [0.29, 0.717) is 30.9 Å². The van der Waals surface area contributed by atoms with Crippen LogP contribution in [-0.2, 0) is 11.2 Å². The van der Waals surface area contributed by atoms with E-state index in [-0.39, 0.29) is 30.8 Å². The number of carbonyl (C=O) groups excluding carboxylic acids is 1. The summed E-state index contributed by atoms with van der Waals surface area (Å²) in [4.78, 5) is 15.0. The molecule has 1 fully saturated rings.